The molecule has 0 fully saturated rings. The summed E-state index contributed by atoms with van der Waals surface area (Å²) in [7, 11) is 1.92. The number of aliphatic hydroxyl groups excluding tert-OH is 1. The van der Waals surface area contributed by atoms with Gasteiger partial charge in [0.2, 0.25) is 0 Å². The molecule has 1 aromatic carbocycles. The quantitative estimate of drug-likeness (QED) is 0.556. The molecule has 0 amide bonds. The zero-order valence-corrected chi connectivity index (χ0v) is 15.2. The average molecular weight is 366 g/mol. The fourth-order valence-corrected chi connectivity index (χ4v) is 2.28. The van der Waals surface area contributed by atoms with Crippen molar-refractivity contribution in [1.29, 1.82) is 0 Å². The van der Waals surface area contributed by atoms with Crippen molar-refractivity contribution in [3.63, 3.8) is 0 Å². The Hall–Kier alpha value is -2.18. The summed E-state index contributed by atoms with van der Waals surface area (Å²) in [5.74, 6) is 1.98. The minimum Gasteiger partial charge on any atom is -0.492 e. The van der Waals surface area contributed by atoms with Crippen molar-refractivity contribution in [1.82, 2.24) is 10.2 Å². The lowest BCUT2D eigenvalue weighted by Crippen LogP contribution is -2.41. The van der Waals surface area contributed by atoms with Crippen LogP contribution in [0.4, 0.5) is 0 Å². The van der Waals surface area contributed by atoms with Gasteiger partial charge in [-0.05, 0) is 43.3 Å². The lowest BCUT2D eigenvalue weighted by molar-refractivity contribution is 0.158. The van der Waals surface area contributed by atoms with Gasteiger partial charge in [-0.1, -0.05) is 11.6 Å². The Morgan fingerprint density at radius 1 is 1.36 bits per heavy atom. The van der Waals surface area contributed by atoms with Crippen LogP contribution in [-0.4, -0.2) is 49.3 Å². The van der Waals surface area contributed by atoms with Gasteiger partial charge >= 0.3 is 0 Å². The summed E-state index contributed by atoms with van der Waals surface area (Å²) in [6.45, 7) is 4.10. The average Bonchev–Trinajstić information content (AvgIpc) is 3.14. The van der Waals surface area contributed by atoms with Gasteiger partial charge in [-0.3, -0.25) is 0 Å². The lowest BCUT2D eigenvalue weighted by Gasteiger charge is -2.22. The molecular formula is C18H24ClN3O3. The maximum absolute atomic E-state index is 10.1. The predicted octanol–water partition coefficient (Wildman–Crippen LogP) is 2.94. The Labute approximate surface area is 153 Å². The number of furan rings is 1. The van der Waals surface area contributed by atoms with E-state index in [1.165, 1.54) is 6.26 Å². The standard InChI is InChI=1S/C18H24ClN3O3/c1-3-20-18(21-13-16(23)17-5-4-11-25-17)22(2)10-12-24-15-8-6-14(19)7-9-15/h4-9,11,16,23H,3,10,12-13H2,1-2H3,(H,20,21). The van der Waals surface area contributed by atoms with E-state index in [9.17, 15) is 5.11 Å². The molecule has 0 aliphatic rings. The number of guanidine groups is 1. The number of nitrogens with zero attached hydrogens (tertiary/aromatic N) is 2. The molecule has 1 unspecified atom stereocenters. The molecule has 7 heteroatoms. The minimum atomic E-state index is -0.762. The van der Waals surface area contributed by atoms with E-state index in [0.717, 1.165) is 12.3 Å². The Morgan fingerprint density at radius 2 is 2.12 bits per heavy atom. The number of hydrogen-bond acceptors (Lipinski definition) is 4. The van der Waals surface area contributed by atoms with Crippen molar-refractivity contribution in [3.8, 4) is 5.75 Å². The number of aliphatic imine (C=N–C) groups is 1. The van der Waals surface area contributed by atoms with Gasteiger partial charge in [0.05, 0.1) is 19.4 Å². The molecule has 0 aliphatic carbocycles. The molecular weight excluding hydrogens is 342 g/mol. The zero-order chi connectivity index (χ0) is 18.1. The van der Waals surface area contributed by atoms with Crippen LogP contribution < -0.4 is 10.1 Å². The molecule has 1 heterocycles. The van der Waals surface area contributed by atoms with Crippen LogP contribution in [-0.2, 0) is 0 Å². The molecule has 2 rings (SSSR count). The van der Waals surface area contributed by atoms with Crippen LogP contribution in [0.1, 0.15) is 18.8 Å². The number of halogens is 1. The van der Waals surface area contributed by atoms with Crippen molar-refractivity contribution in [3.05, 3.63) is 53.4 Å². The molecule has 0 aliphatic heterocycles. The van der Waals surface area contributed by atoms with E-state index in [1.807, 2.05) is 31.0 Å². The molecule has 1 aromatic heterocycles. The fourth-order valence-electron chi connectivity index (χ4n) is 2.15. The van der Waals surface area contributed by atoms with E-state index >= 15 is 0 Å². The molecule has 0 bridgehead atoms. The van der Waals surface area contributed by atoms with Gasteiger partial charge in [0.1, 0.15) is 24.2 Å². The van der Waals surface area contributed by atoms with Gasteiger partial charge in [-0.2, -0.15) is 0 Å². The highest BCUT2D eigenvalue weighted by molar-refractivity contribution is 6.30. The number of rotatable bonds is 8. The van der Waals surface area contributed by atoms with Gasteiger partial charge in [-0.25, -0.2) is 4.99 Å². The third-order valence-electron chi connectivity index (χ3n) is 3.49. The van der Waals surface area contributed by atoms with Gasteiger partial charge in [-0.15, -0.1) is 0 Å². The molecule has 2 N–H and O–H groups in total. The summed E-state index contributed by atoms with van der Waals surface area (Å²) >= 11 is 5.85. The van der Waals surface area contributed by atoms with E-state index in [-0.39, 0.29) is 6.54 Å². The first-order chi connectivity index (χ1) is 12.1. The second kappa shape index (κ2) is 9.96. The van der Waals surface area contributed by atoms with Gasteiger partial charge in [0.25, 0.3) is 0 Å². The highest BCUT2D eigenvalue weighted by Crippen LogP contribution is 2.15. The lowest BCUT2D eigenvalue weighted by atomic mass is 10.3. The summed E-state index contributed by atoms with van der Waals surface area (Å²) in [4.78, 5) is 6.41. The number of nitrogens with one attached hydrogen (secondary N) is 1. The van der Waals surface area contributed by atoms with E-state index in [1.54, 1.807) is 24.3 Å². The van der Waals surface area contributed by atoms with Crippen LogP contribution in [0.5, 0.6) is 5.75 Å². The Morgan fingerprint density at radius 3 is 2.76 bits per heavy atom. The minimum absolute atomic E-state index is 0.220. The van der Waals surface area contributed by atoms with E-state index in [2.05, 4.69) is 10.3 Å². The summed E-state index contributed by atoms with van der Waals surface area (Å²) in [5.41, 5.74) is 0. The largest absolute Gasteiger partial charge is 0.492 e. The molecule has 2 aromatic rings. The summed E-state index contributed by atoms with van der Waals surface area (Å²) in [6, 6.07) is 10.7. The zero-order valence-electron chi connectivity index (χ0n) is 14.5. The first-order valence-electron chi connectivity index (χ1n) is 8.19. The number of aliphatic hydroxyl groups is 1. The molecule has 25 heavy (non-hydrogen) atoms. The number of ether oxygens (including phenoxy) is 1. The molecule has 0 saturated heterocycles. The van der Waals surface area contributed by atoms with Gasteiger partial charge in [0.15, 0.2) is 5.96 Å². The fraction of sp³-hybridized carbons (Fsp3) is 0.389. The molecule has 1 atom stereocenters. The van der Waals surface area contributed by atoms with Gasteiger partial charge < -0.3 is 24.5 Å². The number of hydrogen-bond donors (Lipinski definition) is 2. The SMILES string of the molecule is CCNC(=NCC(O)c1ccco1)N(C)CCOc1ccc(Cl)cc1. The topological polar surface area (TPSA) is 70.2 Å². The van der Waals surface area contributed by atoms with Crippen molar-refractivity contribution in [2.24, 2.45) is 4.99 Å². The summed E-state index contributed by atoms with van der Waals surface area (Å²) in [5, 5.41) is 14.0. The molecule has 0 spiro atoms. The highest BCUT2D eigenvalue weighted by Gasteiger charge is 2.11. The number of benzene rings is 1. The Kier molecular flexibility index (Phi) is 7.63. The first kappa shape index (κ1) is 19.1. The van der Waals surface area contributed by atoms with E-state index in [0.29, 0.717) is 29.9 Å². The van der Waals surface area contributed by atoms with Crippen LogP contribution in [0.2, 0.25) is 5.02 Å². The predicted molar refractivity (Wildman–Crippen MR) is 99.2 cm³/mol. The second-order valence-corrected chi connectivity index (χ2v) is 5.89. The molecule has 6 nitrogen and oxygen atoms in total. The third-order valence-corrected chi connectivity index (χ3v) is 3.74. The van der Waals surface area contributed by atoms with Gasteiger partial charge in [0, 0.05) is 18.6 Å². The second-order valence-electron chi connectivity index (χ2n) is 5.45. The smallest absolute Gasteiger partial charge is 0.193 e. The molecule has 0 radical (unpaired) electrons. The number of likely N-dealkylation sites (N-methyl/N-ethyl adjacent to an activating group) is 1. The Bertz CT molecular complexity index is 644. The third kappa shape index (κ3) is 6.32. The van der Waals surface area contributed by atoms with Crippen LogP contribution in [0.15, 0.2) is 52.1 Å². The van der Waals surface area contributed by atoms with Crippen LogP contribution in [0.3, 0.4) is 0 Å². The first-order valence-corrected chi connectivity index (χ1v) is 8.57. The van der Waals surface area contributed by atoms with Crippen LogP contribution in [0, 0.1) is 0 Å². The van der Waals surface area contributed by atoms with E-state index in [4.69, 9.17) is 20.8 Å². The van der Waals surface area contributed by atoms with Crippen LogP contribution in [0.25, 0.3) is 0 Å². The molecule has 0 saturated carbocycles. The molecule has 136 valence electrons. The Balaban J connectivity index is 1.84. The van der Waals surface area contributed by atoms with Crippen molar-refractivity contribution in [2.45, 2.75) is 13.0 Å². The highest BCUT2D eigenvalue weighted by atomic mass is 35.5. The van der Waals surface area contributed by atoms with Crippen molar-refractivity contribution in [2.75, 3.05) is 33.3 Å². The maximum atomic E-state index is 10.1. The van der Waals surface area contributed by atoms with Crippen molar-refractivity contribution < 1.29 is 14.3 Å². The van der Waals surface area contributed by atoms with Crippen molar-refractivity contribution >= 4 is 17.6 Å². The summed E-state index contributed by atoms with van der Waals surface area (Å²) in [6.07, 6.45) is 0.774. The van der Waals surface area contributed by atoms with E-state index < -0.39 is 6.10 Å². The normalized spacial score (nSPS) is 12.7. The van der Waals surface area contributed by atoms with Crippen LogP contribution >= 0.6 is 11.6 Å². The monoisotopic (exact) mass is 365 g/mol. The maximum Gasteiger partial charge on any atom is 0.193 e. The summed E-state index contributed by atoms with van der Waals surface area (Å²) < 4.78 is 10.9.